The number of rotatable bonds is 1. The van der Waals surface area contributed by atoms with Crippen molar-refractivity contribution in [1.82, 2.24) is 0 Å². The summed E-state index contributed by atoms with van der Waals surface area (Å²) in [5.74, 6) is 0.0537. The van der Waals surface area contributed by atoms with Crippen LogP contribution in [0.25, 0.3) is 0 Å². The number of carbonyl (C=O) groups is 1. The van der Waals surface area contributed by atoms with Gasteiger partial charge in [0.25, 0.3) is 0 Å². The highest BCUT2D eigenvalue weighted by Crippen LogP contribution is 2.25. The Balaban J connectivity index is 2.61. The Morgan fingerprint density at radius 2 is 2.17 bits per heavy atom. The summed E-state index contributed by atoms with van der Waals surface area (Å²) in [6.07, 6.45) is 0.318. The third-order valence-electron chi connectivity index (χ3n) is 1.99. The van der Waals surface area contributed by atoms with Gasteiger partial charge in [0.2, 0.25) is 0 Å². The van der Waals surface area contributed by atoms with Crippen LogP contribution in [-0.4, -0.2) is 17.6 Å². The fraction of sp³-hybridized carbons (Fsp3) is 0.778. The van der Waals surface area contributed by atoms with Crippen LogP contribution in [0.4, 0.5) is 0 Å². The Bertz CT molecular complexity index is 225. The number of ketones is 1. The summed E-state index contributed by atoms with van der Waals surface area (Å²) in [6.45, 7) is 7.74. The largest absolute Gasteiger partial charge is 0.384 e. The lowest BCUT2D eigenvalue weighted by Crippen LogP contribution is -2.23. The van der Waals surface area contributed by atoms with Gasteiger partial charge in [0, 0.05) is 11.8 Å². The van der Waals surface area contributed by atoms with Gasteiger partial charge in [0.05, 0.1) is 5.71 Å². The first kappa shape index (κ1) is 9.23. The Morgan fingerprint density at radius 1 is 1.58 bits per heavy atom. The van der Waals surface area contributed by atoms with Gasteiger partial charge in [-0.25, -0.2) is 0 Å². The zero-order valence-electron chi connectivity index (χ0n) is 8.05. The Kier molecular flexibility index (Phi) is 2.22. The van der Waals surface area contributed by atoms with Crippen LogP contribution in [0.15, 0.2) is 5.16 Å². The molecule has 1 heterocycles. The van der Waals surface area contributed by atoms with Gasteiger partial charge in [-0.1, -0.05) is 25.9 Å². The van der Waals surface area contributed by atoms with Crippen LogP contribution < -0.4 is 0 Å². The van der Waals surface area contributed by atoms with Crippen LogP contribution >= 0.6 is 0 Å². The van der Waals surface area contributed by atoms with Crippen molar-refractivity contribution in [1.29, 1.82) is 0 Å². The van der Waals surface area contributed by atoms with Gasteiger partial charge in [-0.15, -0.1) is 0 Å². The average Bonchev–Trinajstić information content (AvgIpc) is 2.30. The summed E-state index contributed by atoms with van der Waals surface area (Å²) in [7, 11) is 0. The quantitative estimate of drug-likeness (QED) is 0.600. The number of hydrogen-bond acceptors (Lipinski definition) is 3. The molecule has 1 aliphatic heterocycles. The van der Waals surface area contributed by atoms with E-state index in [1.807, 2.05) is 0 Å². The van der Waals surface area contributed by atoms with Gasteiger partial charge in [0.15, 0.2) is 11.9 Å². The lowest BCUT2D eigenvalue weighted by molar-refractivity contribution is -0.126. The van der Waals surface area contributed by atoms with Crippen molar-refractivity contribution in [3.8, 4) is 0 Å². The van der Waals surface area contributed by atoms with E-state index in [9.17, 15) is 4.79 Å². The highest BCUT2D eigenvalue weighted by atomic mass is 16.6. The maximum absolute atomic E-state index is 10.9. The predicted molar refractivity (Wildman–Crippen MR) is 47.1 cm³/mol. The summed E-state index contributed by atoms with van der Waals surface area (Å²) in [6, 6.07) is 0. The van der Waals surface area contributed by atoms with E-state index in [0.29, 0.717) is 6.42 Å². The van der Waals surface area contributed by atoms with E-state index in [-0.39, 0.29) is 17.3 Å². The predicted octanol–water partition coefficient (Wildman–Crippen LogP) is 1.77. The second-order valence-corrected chi connectivity index (χ2v) is 4.20. The van der Waals surface area contributed by atoms with E-state index in [1.54, 1.807) is 0 Å². The van der Waals surface area contributed by atoms with Crippen molar-refractivity contribution in [2.24, 2.45) is 10.6 Å². The normalized spacial score (nSPS) is 23.3. The van der Waals surface area contributed by atoms with E-state index in [4.69, 9.17) is 4.84 Å². The molecule has 0 spiro atoms. The van der Waals surface area contributed by atoms with E-state index in [2.05, 4.69) is 25.9 Å². The molecule has 0 saturated carbocycles. The summed E-state index contributed by atoms with van der Waals surface area (Å²) >= 11 is 0. The lowest BCUT2D eigenvalue weighted by Gasteiger charge is -2.16. The zero-order valence-corrected chi connectivity index (χ0v) is 8.05. The molecular formula is C9H15NO2. The third kappa shape index (κ3) is 1.84. The molecule has 0 N–H and O–H groups in total. The third-order valence-corrected chi connectivity index (χ3v) is 1.99. The zero-order chi connectivity index (χ0) is 9.35. The summed E-state index contributed by atoms with van der Waals surface area (Å²) in [4.78, 5) is 15.9. The molecule has 0 saturated heterocycles. The van der Waals surface area contributed by atoms with Gasteiger partial charge >= 0.3 is 0 Å². The highest BCUT2D eigenvalue weighted by Gasteiger charge is 2.31. The number of carbonyl (C=O) groups excluding carboxylic acids is 1. The Hall–Kier alpha value is -0.860. The van der Waals surface area contributed by atoms with E-state index in [0.717, 1.165) is 5.71 Å². The fourth-order valence-electron chi connectivity index (χ4n) is 1.04. The molecular weight excluding hydrogens is 154 g/mol. The lowest BCUT2D eigenvalue weighted by atomic mass is 9.87. The molecule has 0 unspecified atom stereocenters. The van der Waals surface area contributed by atoms with Gasteiger partial charge in [0.1, 0.15) is 0 Å². The Morgan fingerprint density at radius 3 is 2.42 bits per heavy atom. The number of oxime groups is 1. The minimum Gasteiger partial charge on any atom is -0.384 e. The standard InChI is InChI=1S/C9H15NO2/c1-6(11)7-5-8(10-12-7)9(2,3)4/h7H,5H2,1-4H3/t7-/m0/s1. The van der Waals surface area contributed by atoms with Crippen molar-refractivity contribution >= 4 is 11.5 Å². The molecule has 0 aromatic carbocycles. The number of Topliss-reactive ketones (excluding diaryl/α,β-unsaturated/α-hetero) is 1. The molecule has 0 aromatic rings. The maximum atomic E-state index is 10.9. The van der Waals surface area contributed by atoms with Crippen LogP contribution in [0.1, 0.15) is 34.1 Å². The molecule has 68 valence electrons. The van der Waals surface area contributed by atoms with Crippen molar-refractivity contribution in [2.75, 3.05) is 0 Å². The first-order valence-electron chi connectivity index (χ1n) is 4.15. The van der Waals surface area contributed by atoms with Gasteiger partial charge in [-0.3, -0.25) is 4.79 Å². The van der Waals surface area contributed by atoms with Crippen molar-refractivity contribution < 1.29 is 9.63 Å². The van der Waals surface area contributed by atoms with Crippen molar-refractivity contribution in [3.63, 3.8) is 0 Å². The maximum Gasteiger partial charge on any atom is 0.190 e. The number of nitrogens with zero attached hydrogens (tertiary/aromatic N) is 1. The van der Waals surface area contributed by atoms with Gasteiger partial charge < -0.3 is 4.84 Å². The monoisotopic (exact) mass is 169 g/mol. The van der Waals surface area contributed by atoms with E-state index < -0.39 is 0 Å². The SMILES string of the molecule is CC(=O)[C@@H]1CC(C(C)(C)C)=NO1. The van der Waals surface area contributed by atoms with Crippen LogP contribution in [0.2, 0.25) is 0 Å². The van der Waals surface area contributed by atoms with Crippen molar-refractivity contribution in [2.45, 2.75) is 40.2 Å². The fourth-order valence-corrected chi connectivity index (χ4v) is 1.04. The minimum atomic E-state index is -0.334. The van der Waals surface area contributed by atoms with Crippen LogP contribution in [-0.2, 0) is 9.63 Å². The van der Waals surface area contributed by atoms with Crippen LogP contribution in [0.5, 0.6) is 0 Å². The molecule has 0 aromatic heterocycles. The molecule has 1 rings (SSSR count). The average molecular weight is 169 g/mol. The Labute approximate surface area is 72.8 Å². The second kappa shape index (κ2) is 2.88. The molecule has 12 heavy (non-hydrogen) atoms. The van der Waals surface area contributed by atoms with E-state index >= 15 is 0 Å². The molecule has 3 nitrogen and oxygen atoms in total. The van der Waals surface area contributed by atoms with Crippen LogP contribution in [0.3, 0.4) is 0 Å². The first-order chi connectivity index (χ1) is 5.41. The molecule has 1 aliphatic rings. The van der Waals surface area contributed by atoms with Crippen LogP contribution in [0, 0.1) is 5.41 Å². The molecule has 0 bridgehead atoms. The van der Waals surface area contributed by atoms with E-state index in [1.165, 1.54) is 6.92 Å². The first-order valence-corrected chi connectivity index (χ1v) is 4.15. The summed E-state index contributed by atoms with van der Waals surface area (Å²) in [5, 5.41) is 3.91. The molecule has 3 heteroatoms. The summed E-state index contributed by atoms with van der Waals surface area (Å²) in [5.41, 5.74) is 0.993. The second-order valence-electron chi connectivity index (χ2n) is 4.20. The van der Waals surface area contributed by atoms with Crippen molar-refractivity contribution in [3.05, 3.63) is 0 Å². The smallest absolute Gasteiger partial charge is 0.190 e. The highest BCUT2D eigenvalue weighted by molar-refractivity contribution is 5.95. The van der Waals surface area contributed by atoms with Gasteiger partial charge in [-0.05, 0) is 6.92 Å². The minimum absolute atomic E-state index is 0.0181. The van der Waals surface area contributed by atoms with Gasteiger partial charge in [-0.2, -0.15) is 0 Å². The molecule has 0 aliphatic carbocycles. The molecule has 1 atom stereocenters. The topological polar surface area (TPSA) is 38.7 Å². The number of hydrogen-bond donors (Lipinski definition) is 0. The summed E-state index contributed by atoms with van der Waals surface area (Å²) < 4.78 is 0. The molecule has 0 fully saturated rings. The molecule has 0 amide bonds. The molecule has 0 radical (unpaired) electrons.